The highest BCUT2D eigenvalue weighted by molar-refractivity contribution is 5.97. The van der Waals surface area contributed by atoms with Gasteiger partial charge in [0.15, 0.2) is 5.82 Å². The zero-order chi connectivity index (χ0) is 20.4. The van der Waals surface area contributed by atoms with Crippen molar-refractivity contribution in [2.45, 2.75) is 45.2 Å². The van der Waals surface area contributed by atoms with Crippen LogP contribution in [0.5, 0.6) is 5.75 Å². The predicted octanol–water partition coefficient (Wildman–Crippen LogP) is 2.76. The fourth-order valence-electron chi connectivity index (χ4n) is 4.23. The van der Waals surface area contributed by atoms with Gasteiger partial charge in [0.25, 0.3) is 5.91 Å². The van der Waals surface area contributed by atoms with E-state index in [-0.39, 0.29) is 17.9 Å². The maximum atomic E-state index is 13.0. The molecule has 4 rings (SSSR count). The second-order valence-corrected chi connectivity index (χ2v) is 7.60. The number of amides is 2. The largest absolute Gasteiger partial charge is 0.496 e. The smallest absolute Gasteiger partial charge is 0.257 e. The molecule has 0 N–H and O–H groups in total. The predicted molar refractivity (Wildman–Crippen MR) is 107 cm³/mol. The molecular weight excluding hydrogens is 368 g/mol. The molecule has 0 saturated carbocycles. The van der Waals surface area contributed by atoms with Crippen LogP contribution in [0.2, 0.25) is 0 Å². The number of aromatic nitrogens is 2. The molecular formula is C22H26N4O3. The van der Waals surface area contributed by atoms with E-state index in [9.17, 15) is 9.59 Å². The van der Waals surface area contributed by atoms with E-state index in [1.165, 1.54) is 0 Å². The highest BCUT2D eigenvalue weighted by Crippen LogP contribution is 2.30. The van der Waals surface area contributed by atoms with Gasteiger partial charge in [0, 0.05) is 44.7 Å². The summed E-state index contributed by atoms with van der Waals surface area (Å²) >= 11 is 0. The van der Waals surface area contributed by atoms with Crippen molar-refractivity contribution in [3.05, 3.63) is 53.1 Å². The summed E-state index contributed by atoms with van der Waals surface area (Å²) in [5, 5.41) is 0. The SMILES string of the molecule is COc1ccccc1C(=O)N1CCc2nc(C3CCCCN3C(C)=O)ncc2C1. The Morgan fingerprint density at radius 2 is 2.00 bits per heavy atom. The lowest BCUT2D eigenvalue weighted by Crippen LogP contribution is -2.39. The third kappa shape index (κ3) is 3.81. The van der Waals surface area contributed by atoms with Crippen LogP contribution in [0.25, 0.3) is 0 Å². The summed E-state index contributed by atoms with van der Waals surface area (Å²) in [6, 6.07) is 7.24. The Morgan fingerprint density at radius 1 is 1.17 bits per heavy atom. The zero-order valence-corrected chi connectivity index (χ0v) is 16.9. The van der Waals surface area contributed by atoms with Gasteiger partial charge in [0.2, 0.25) is 5.91 Å². The Kier molecular flexibility index (Phi) is 5.47. The molecule has 7 heteroatoms. The molecule has 152 valence electrons. The third-order valence-corrected chi connectivity index (χ3v) is 5.78. The minimum Gasteiger partial charge on any atom is -0.496 e. The van der Waals surface area contributed by atoms with Gasteiger partial charge in [-0.1, -0.05) is 12.1 Å². The lowest BCUT2D eigenvalue weighted by atomic mass is 10.00. The second kappa shape index (κ2) is 8.19. The van der Waals surface area contributed by atoms with E-state index in [0.29, 0.717) is 30.8 Å². The van der Waals surface area contributed by atoms with Crippen LogP contribution < -0.4 is 4.74 Å². The van der Waals surface area contributed by atoms with Crippen molar-refractivity contribution in [3.63, 3.8) is 0 Å². The number of benzene rings is 1. The van der Waals surface area contributed by atoms with Gasteiger partial charge in [-0.15, -0.1) is 0 Å². The first-order valence-electron chi connectivity index (χ1n) is 10.1. The van der Waals surface area contributed by atoms with Crippen molar-refractivity contribution in [3.8, 4) is 5.75 Å². The summed E-state index contributed by atoms with van der Waals surface area (Å²) in [7, 11) is 1.57. The second-order valence-electron chi connectivity index (χ2n) is 7.60. The van der Waals surface area contributed by atoms with Crippen LogP contribution in [0.1, 0.15) is 59.7 Å². The molecule has 3 heterocycles. The summed E-state index contributed by atoms with van der Waals surface area (Å²) in [5.41, 5.74) is 2.51. The molecule has 1 unspecified atom stereocenters. The summed E-state index contributed by atoms with van der Waals surface area (Å²) in [5.74, 6) is 1.33. The Hall–Kier alpha value is -2.96. The van der Waals surface area contributed by atoms with E-state index in [1.54, 1.807) is 26.2 Å². The fraction of sp³-hybridized carbons (Fsp3) is 0.455. The van der Waals surface area contributed by atoms with Crippen molar-refractivity contribution in [2.24, 2.45) is 0 Å². The first kappa shape index (κ1) is 19.4. The number of piperidine rings is 1. The highest BCUT2D eigenvalue weighted by Gasteiger charge is 2.30. The van der Waals surface area contributed by atoms with Crippen LogP contribution in [-0.2, 0) is 17.8 Å². The Labute approximate surface area is 170 Å². The zero-order valence-electron chi connectivity index (χ0n) is 16.9. The monoisotopic (exact) mass is 394 g/mol. The van der Waals surface area contributed by atoms with Gasteiger partial charge in [0.1, 0.15) is 5.75 Å². The molecule has 2 aromatic rings. The number of hydrogen-bond donors (Lipinski definition) is 0. The minimum absolute atomic E-state index is 0.0419. The number of fused-ring (bicyclic) bond motifs is 1. The number of hydrogen-bond acceptors (Lipinski definition) is 5. The number of likely N-dealkylation sites (tertiary alicyclic amines) is 1. The van der Waals surface area contributed by atoms with Crippen molar-refractivity contribution in [2.75, 3.05) is 20.2 Å². The summed E-state index contributed by atoms with van der Waals surface area (Å²) in [6.07, 6.45) is 5.51. The topological polar surface area (TPSA) is 75.6 Å². The van der Waals surface area contributed by atoms with Crippen LogP contribution in [0.15, 0.2) is 30.5 Å². The van der Waals surface area contributed by atoms with Crippen molar-refractivity contribution in [1.82, 2.24) is 19.8 Å². The molecule has 2 aliphatic rings. The number of methoxy groups -OCH3 is 1. The van der Waals surface area contributed by atoms with Crippen molar-refractivity contribution < 1.29 is 14.3 Å². The van der Waals surface area contributed by atoms with E-state index in [0.717, 1.165) is 42.9 Å². The molecule has 29 heavy (non-hydrogen) atoms. The Morgan fingerprint density at radius 3 is 2.79 bits per heavy atom. The molecule has 1 atom stereocenters. The molecule has 7 nitrogen and oxygen atoms in total. The van der Waals surface area contributed by atoms with Crippen LogP contribution in [0, 0.1) is 0 Å². The first-order valence-corrected chi connectivity index (χ1v) is 10.1. The van der Waals surface area contributed by atoms with E-state index in [2.05, 4.69) is 4.98 Å². The summed E-state index contributed by atoms with van der Waals surface area (Å²) in [6.45, 7) is 3.45. The normalized spacial score (nSPS) is 18.9. The molecule has 0 aliphatic carbocycles. The lowest BCUT2D eigenvalue weighted by Gasteiger charge is -2.35. The van der Waals surface area contributed by atoms with E-state index in [4.69, 9.17) is 9.72 Å². The first-order chi connectivity index (χ1) is 14.1. The van der Waals surface area contributed by atoms with Crippen LogP contribution in [-0.4, -0.2) is 51.8 Å². The molecule has 0 bridgehead atoms. The molecule has 1 saturated heterocycles. The fourth-order valence-corrected chi connectivity index (χ4v) is 4.23. The summed E-state index contributed by atoms with van der Waals surface area (Å²) < 4.78 is 5.33. The molecule has 1 aromatic heterocycles. The van der Waals surface area contributed by atoms with Crippen LogP contribution >= 0.6 is 0 Å². The molecule has 2 aliphatic heterocycles. The third-order valence-electron chi connectivity index (χ3n) is 5.78. The van der Waals surface area contributed by atoms with Gasteiger partial charge in [-0.2, -0.15) is 0 Å². The molecule has 1 fully saturated rings. The van der Waals surface area contributed by atoms with Crippen molar-refractivity contribution in [1.29, 1.82) is 0 Å². The minimum atomic E-state index is -0.0489. The average Bonchev–Trinajstić information content (AvgIpc) is 2.77. The molecule has 1 aromatic carbocycles. The van der Waals surface area contributed by atoms with Gasteiger partial charge in [-0.05, 0) is 31.4 Å². The number of para-hydroxylation sites is 1. The van der Waals surface area contributed by atoms with Gasteiger partial charge >= 0.3 is 0 Å². The highest BCUT2D eigenvalue weighted by atomic mass is 16.5. The maximum absolute atomic E-state index is 13.0. The Balaban J connectivity index is 1.54. The maximum Gasteiger partial charge on any atom is 0.257 e. The van der Waals surface area contributed by atoms with E-state index >= 15 is 0 Å². The average molecular weight is 394 g/mol. The number of rotatable bonds is 3. The molecule has 0 radical (unpaired) electrons. The molecule has 0 spiro atoms. The van der Waals surface area contributed by atoms with E-state index < -0.39 is 0 Å². The standard InChI is InChI=1S/C22H26N4O3/c1-15(27)26-11-6-5-8-19(26)21-23-13-16-14-25(12-10-18(16)24-21)22(28)17-7-3-4-9-20(17)29-2/h3-4,7,9,13,19H,5-6,8,10-12,14H2,1-2H3. The summed E-state index contributed by atoms with van der Waals surface area (Å²) in [4.78, 5) is 38.0. The quantitative estimate of drug-likeness (QED) is 0.800. The van der Waals surface area contributed by atoms with Gasteiger partial charge in [-0.25, -0.2) is 9.97 Å². The Bertz CT molecular complexity index is 930. The van der Waals surface area contributed by atoms with Gasteiger partial charge in [0.05, 0.1) is 24.4 Å². The van der Waals surface area contributed by atoms with Crippen LogP contribution in [0.4, 0.5) is 0 Å². The van der Waals surface area contributed by atoms with Crippen LogP contribution in [0.3, 0.4) is 0 Å². The molecule has 2 amide bonds. The number of carbonyl (C=O) groups excluding carboxylic acids is 2. The van der Waals surface area contributed by atoms with Crippen molar-refractivity contribution >= 4 is 11.8 Å². The number of carbonyl (C=O) groups is 2. The number of nitrogens with zero attached hydrogens (tertiary/aromatic N) is 4. The van der Waals surface area contributed by atoms with Gasteiger partial charge < -0.3 is 14.5 Å². The van der Waals surface area contributed by atoms with E-state index in [1.807, 2.05) is 28.1 Å². The van der Waals surface area contributed by atoms with Gasteiger partial charge in [-0.3, -0.25) is 9.59 Å². The number of ether oxygens (including phenoxy) is 1. The lowest BCUT2D eigenvalue weighted by molar-refractivity contribution is -0.132.